The Morgan fingerprint density at radius 1 is 1.35 bits per heavy atom. The van der Waals surface area contributed by atoms with Crippen molar-refractivity contribution in [1.82, 2.24) is 10.6 Å². The van der Waals surface area contributed by atoms with Gasteiger partial charge >= 0.3 is 0 Å². The lowest BCUT2D eigenvalue weighted by molar-refractivity contribution is 0.0954. The monoisotopic (exact) mass is 234 g/mol. The van der Waals surface area contributed by atoms with Gasteiger partial charge in [-0.3, -0.25) is 4.79 Å². The number of carbonyl (C=O) groups excluding carboxylic acids is 1. The van der Waals surface area contributed by atoms with Crippen molar-refractivity contribution >= 4 is 5.91 Å². The van der Waals surface area contributed by atoms with Crippen molar-refractivity contribution < 1.29 is 9.53 Å². The zero-order valence-electron chi connectivity index (χ0n) is 10.0. The van der Waals surface area contributed by atoms with E-state index < -0.39 is 0 Å². The second-order valence-electron chi connectivity index (χ2n) is 3.48. The molecule has 92 valence electrons. The van der Waals surface area contributed by atoms with Gasteiger partial charge in [-0.25, -0.2) is 0 Å². The number of nitrogens with one attached hydrogen (secondary N) is 2. The molecule has 0 heterocycles. The van der Waals surface area contributed by atoms with E-state index in [1.54, 1.807) is 30.3 Å². The Bertz CT molecular complexity index is 360. The molecule has 1 rings (SSSR count). The van der Waals surface area contributed by atoms with Gasteiger partial charge in [0.25, 0.3) is 5.91 Å². The van der Waals surface area contributed by atoms with Crippen molar-refractivity contribution in [3.05, 3.63) is 42.5 Å². The third-order valence-corrected chi connectivity index (χ3v) is 2.14. The summed E-state index contributed by atoms with van der Waals surface area (Å²) in [6.07, 6.45) is 1.68. The van der Waals surface area contributed by atoms with Gasteiger partial charge in [-0.1, -0.05) is 12.7 Å². The van der Waals surface area contributed by atoms with Gasteiger partial charge in [0.1, 0.15) is 12.4 Å². The zero-order chi connectivity index (χ0) is 12.5. The van der Waals surface area contributed by atoms with Crippen LogP contribution in [0, 0.1) is 0 Å². The third-order valence-electron chi connectivity index (χ3n) is 2.14. The average molecular weight is 234 g/mol. The molecule has 0 radical (unpaired) electrons. The number of hydrogen-bond acceptors (Lipinski definition) is 3. The van der Waals surface area contributed by atoms with Crippen molar-refractivity contribution in [3.63, 3.8) is 0 Å². The lowest BCUT2D eigenvalue weighted by atomic mass is 10.2. The van der Waals surface area contributed by atoms with E-state index in [9.17, 15) is 4.79 Å². The number of hydrogen-bond donors (Lipinski definition) is 2. The fourth-order valence-electron chi connectivity index (χ4n) is 1.26. The van der Waals surface area contributed by atoms with Crippen LogP contribution >= 0.6 is 0 Å². The summed E-state index contributed by atoms with van der Waals surface area (Å²) < 4.78 is 5.33. The van der Waals surface area contributed by atoms with Crippen LogP contribution in [0.25, 0.3) is 0 Å². The molecule has 4 nitrogen and oxygen atoms in total. The van der Waals surface area contributed by atoms with Crippen LogP contribution in [0.4, 0.5) is 0 Å². The summed E-state index contributed by atoms with van der Waals surface area (Å²) in [7, 11) is 1.85. The second-order valence-corrected chi connectivity index (χ2v) is 3.48. The first kappa shape index (κ1) is 13.3. The van der Waals surface area contributed by atoms with Crippen LogP contribution in [0.15, 0.2) is 36.9 Å². The van der Waals surface area contributed by atoms with Gasteiger partial charge in [0.15, 0.2) is 0 Å². The minimum absolute atomic E-state index is 0.0736. The van der Waals surface area contributed by atoms with Crippen LogP contribution in [0.3, 0.4) is 0 Å². The number of amides is 1. The minimum Gasteiger partial charge on any atom is -0.490 e. The zero-order valence-corrected chi connectivity index (χ0v) is 10.0. The normalized spacial score (nSPS) is 9.71. The molecule has 1 aromatic carbocycles. The predicted molar refractivity (Wildman–Crippen MR) is 68.4 cm³/mol. The first-order valence-electron chi connectivity index (χ1n) is 5.54. The summed E-state index contributed by atoms with van der Waals surface area (Å²) in [5.41, 5.74) is 0.632. The van der Waals surface area contributed by atoms with E-state index in [-0.39, 0.29) is 5.91 Å². The molecule has 0 saturated carbocycles. The van der Waals surface area contributed by atoms with Gasteiger partial charge < -0.3 is 15.4 Å². The van der Waals surface area contributed by atoms with Crippen LogP contribution in [0.2, 0.25) is 0 Å². The predicted octanol–water partition coefficient (Wildman–Crippen LogP) is 1.20. The highest BCUT2D eigenvalue weighted by Crippen LogP contribution is 2.11. The van der Waals surface area contributed by atoms with Crippen LogP contribution in [0.1, 0.15) is 10.4 Å². The molecule has 0 saturated heterocycles. The molecule has 1 amide bonds. The molecule has 1 aromatic rings. The third kappa shape index (κ3) is 4.70. The van der Waals surface area contributed by atoms with E-state index in [0.29, 0.717) is 18.7 Å². The second kappa shape index (κ2) is 7.46. The number of ether oxygens (including phenoxy) is 1. The van der Waals surface area contributed by atoms with Gasteiger partial charge in [-0.2, -0.15) is 0 Å². The van der Waals surface area contributed by atoms with Crippen LogP contribution < -0.4 is 15.4 Å². The number of likely N-dealkylation sites (N-methyl/N-ethyl adjacent to an activating group) is 1. The van der Waals surface area contributed by atoms with E-state index in [2.05, 4.69) is 17.2 Å². The molecule has 17 heavy (non-hydrogen) atoms. The van der Waals surface area contributed by atoms with E-state index >= 15 is 0 Å². The van der Waals surface area contributed by atoms with E-state index in [0.717, 1.165) is 12.3 Å². The van der Waals surface area contributed by atoms with E-state index in [1.807, 2.05) is 7.05 Å². The van der Waals surface area contributed by atoms with E-state index in [4.69, 9.17) is 4.74 Å². The van der Waals surface area contributed by atoms with Gasteiger partial charge in [-0.15, -0.1) is 0 Å². The summed E-state index contributed by atoms with van der Waals surface area (Å²) in [6, 6.07) is 7.03. The molecule has 0 fully saturated rings. The van der Waals surface area contributed by atoms with Crippen LogP contribution in [-0.2, 0) is 0 Å². The highest BCUT2D eigenvalue weighted by molar-refractivity contribution is 5.94. The minimum atomic E-state index is -0.0736. The molecule has 0 bridgehead atoms. The Morgan fingerprint density at radius 2 is 2.06 bits per heavy atom. The molecular formula is C13H18N2O2. The Morgan fingerprint density at radius 3 is 2.65 bits per heavy atom. The fraction of sp³-hybridized carbons (Fsp3) is 0.308. The number of rotatable bonds is 7. The van der Waals surface area contributed by atoms with Gasteiger partial charge in [0.05, 0.1) is 0 Å². The van der Waals surface area contributed by atoms with Crippen molar-refractivity contribution in [1.29, 1.82) is 0 Å². The van der Waals surface area contributed by atoms with Crippen molar-refractivity contribution in [2.45, 2.75) is 0 Å². The van der Waals surface area contributed by atoms with Crippen LogP contribution in [-0.4, -0.2) is 32.7 Å². The van der Waals surface area contributed by atoms with Crippen molar-refractivity contribution in [3.8, 4) is 5.75 Å². The van der Waals surface area contributed by atoms with Gasteiger partial charge in [0, 0.05) is 18.7 Å². The summed E-state index contributed by atoms with van der Waals surface area (Å²) >= 11 is 0. The standard InChI is InChI=1S/C13H18N2O2/c1-3-10-17-12-6-4-11(5-7-12)13(16)15-9-8-14-2/h3-7,14H,1,8-10H2,2H3,(H,15,16). The maximum Gasteiger partial charge on any atom is 0.251 e. The molecule has 0 aromatic heterocycles. The lowest BCUT2D eigenvalue weighted by Crippen LogP contribution is -2.30. The van der Waals surface area contributed by atoms with E-state index in [1.165, 1.54) is 0 Å². The Balaban J connectivity index is 2.48. The maximum absolute atomic E-state index is 11.6. The first-order chi connectivity index (χ1) is 8.27. The molecule has 0 unspecified atom stereocenters. The van der Waals surface area contributed by atoms with Crippen LogP contribution in [0.5, 0.6) is 5.75 Å². The highest BCUT2D eigenvalue weighted by atomic mass is 16.5. The smallest absolute Gasteiger partial charge is 0.251 e. The summed E-state index contributed by atoms with van der Waals surface area (Å²) in [6.45, 7) is 5.41. The summed E-state index contributed by atoms with van der Waals surface area (Å²) in [4.78, 5) is 11.6. The average Bonchev–Trinajstić information content (AvgIpc) is 2.37. The molecule has 2 N–H and O–H groups in total. The summed E-state index contributed by atoms with van der Waals surface area (Å²) in [5, 5.41) is 5.77. The first-order valence-corrected chi connectivity index (χ1v) is 5.54. The topological polar surface area (TPSA) is 50.4 Å². The van der Waals surface area contributed by atoms with Gasteiger partial charge in [0.2, 0.25) is 0 Å². The lowest BCUT2D eigenvalue weighted by Gasteiger charge is -2.06. The highest BCUT2D eigenvalue weighted by Gasteiger charge is 2.04. The number of carbonyl (C=O) groups is 1. The van der Waals surface area contributed by atoms with Crippen molar-refractivity contribution in [2.75, 3.05) is 26.7 Å². The summed E-state index contributed by atoms with van der Waals surface area (Å²) in [5.74, 6) is 0.659. The maximum atomic E-state index is 11.6. The van der Waals surface area contributed by atoms with Gasteiger partial charge in [-0.05, 0) is 31.3 Å². The Hall–Kier alpha value is -1.81. The molecule has 0 atom stereocenters. The molecule has 0 aliphatic carbocycles. The Labute approximate surface area is 102 Å². The number of benzene rings is 1. The fourth-order valence-corrected chi connectivity index (χ4v) is 1.26. The molecular weight excluding hydrogens is 216 g/mol. The molecule has 0 aliphatic rings. The quantitative estimate of drug-likeness (QED) is 0.550. The molecule has 0 aliphatic heterocycles. The Kier molecular flexibility index (Phi) is 5.82. The largest absolute Gasteiger partial charge is 0.490 e. The SMILES string of the molecule is C=CCOc1ccc(C(=O)NCCNC)cc1. The molecule has 0 spiro atoms. The molecule has 4 heteroatoms. The van der Waals surface area contributed by atoms with Crippen molar-refractivity contribution in [2.24, 2.45) is 0 Å².